The summed E-state index contributed by atoms with van der Waals surface area (Å²) in [5, 5.41) is 20.7. The molecular weight excluding hydrogens is 392 g/mol. The average Bonchev–Trinajstić information content (AvgIpc) is 3.00. The SMILES string of the molecule is CC(C)OC(=O)CCC/C=C/C[C@H]1C(=O)C[C@@H](O)[C@@H]1CC[C@@H](O)CCc1ccccc1. The molecule has 1 aromatic carbocycles. The summed E-state index contributed by atoms with van der Waals surface area (Å²) in [5.41, 5.74) is 1.21. The molecule has 1 fully saturated rings. The fourth-order valence-corrected chi connectivity index (χ4v) is 4.27. The Morgan fingerprint density at radius 3 is 2.65 bits per heavy atom. The van der Waals surface area contributed by atoms with Crippen LogP contribution in [0.2, 0.25) is 0 Å². The zero-order valence-electron chi connectivity index (χ0n) is 18.9. The van der Waals surface area contributed by atoms with Crippen molar-refractivity contribution in [2.24, 2.45) is 11.8 Å². The van der Waals surface area contributed by atoms with Crippen molar-refractivity contribution in [3.05, 3.63) is 48.0 Å². The Balaban J connectivity index is 1.71. The maximum absolute atomic E-state index is 12.3. The predicted molar refractivity (Wildman–Crippen MR) is 121 cm³/mol. The summed E-state index contributed by atoms with van der Waals surface area (Å²) in [6.45, 7) is 3.67. The van der Waals surface area contributed by atoms with Crippen molar-refractivity contribution in [1.82, 2.24) is 0 Å². The average molecular weight is 431 g/mol. The molecule has 0 aliphatic heterocycles. The molecule has 0 aromatic heterocycles. The number of benzene rings is 1. The molecule has 5 heteroatoms. The Kier molecular flexibility index (Phi) is 11.0. The largest absolute Gasteiger partial charge is 0.463 e. The minimum Gasteiger partial charge on any atom is -0.463 e. The van der Waals surface area contributed by atoms with Gasteiger partial charge in [-0.3, -0.25) is 9.59 Å². The molecule has 4 atom stereocenters. The number of esters is 1. The number of aryl methyl sites for hydroxylation is 1. The van der Waals surface area contributed by atoms with Crippen molar-refractivity contribution in [2.75, 3.05) is 0 Å². The monoisotopic (exact) mass is 430 g/mol. The number of hydrogen-bond acceptors (Lipinski definition) is 5. The number of carbonyl (C=O) groups is 2. The molecule has 0 radical (unpaired) electrons. The highest BCUT2D eigenvalue weighted by atomic mass is 16.5. The predicted octanol–water partition coefficient (Wildman–Crippen LogP) is 4.39. The van der Waals surface area contributed by atoms with Crippen LogP contribution in [0, 0.1) is 11.8 Å². The van der Waals surface area contributed by atoms with Crippen LogP contribution in [0.1, 0.15) is 70.8 Å². The Morgan fingerprint density at radius 1 is 1.19 bits per heavy atom. The number of ether oxygens (including phenoxy) is 1. The number of Topliss-reactive ketones (excluding diaryl/α,β-unsaturated/α-hetero) is 1. The molecule has 0 bridgehead atoms. The van der Waals surface area contributed by atoms with Crippen molar-refractivity contribution in [3.8, 4) is 0 Å². The molecule has 2 rings (SSSR count). The number of ketones is 1. The number of carbonyl (C=O) groups excluding carboxylic acids is 2. The quantitative estimate of drug-likeness (QED) is 0.275. The second-order valence-electron chi connectivity index (χ2n) is 8.90. The molecule has 1 aliphatic carbocycles. The van der Waals surface area contributed by atoms with Gasteiger partial charge in [0.05, 0.1) is 18.3 Å². The summed E-state index contributed by atoms with van der Waals surface area (Å²) in [5.74, 6) is -0.340. The summed E-state index contributed by atoms with van der Waals surface area (Å²) in [4.78, 5) is 23.9. The highest BCUT2D eigenvalue weighted by molar-refractivity contribution is 5.84. The van der Waals surface area contributed by atoms with Gasteiger partial charge in [0.1, 0.15) is 5.78 Å². The molecular formula is C26H38O5. The van der Waals surface area contributed by atoms with Crippen molar-refractivity contribution in [3.63, 3.8) is 0 Å². The minimum atomic E-state index is -0.613. The first-order chi connectivity index (χ1) is 14.9. The maximum atomic E-state index is 12.3. The van der Waals surface area contributed by atoms with Crippen LogP contribution in [0.5, 0.6) is 0 Å². The van der Waals surface area contributed by atoms with Gasteiger partial charge in [0.2, 0.25) is 0 Å². The van der Waals surface area contributed by atoms with E-state index in [4.69, 9.17) is 4.74 Å². The van der Waals surface area contributed by atoms with Crippen LogP contribution in [-0.4, -0.2) is 40.3 Å². The van der Waals surface area contributed by atoms with Crippen LogP contribution >= 0.6 is 0 Å². The third-order valence-electron chi connectivity index (χ3n) is 5.95. The van der Waals surface area contributed by atoms with Gasteiger partial charge < -0.3 is 14.9 Å². The smallest absolute Gasteiger partial charge is 0.306 e. The van der Waals surface area contributed by atoms with Gasteiger partial charge in [-0.25, -0.2) is 0 Å². The number of aliphatic hydroxyl groups is 2. The van der Waals surface area contributed by atoms with Crippen molar-refractivity contribution < 1.29 is 24.5 Å². The van der Waals surface area contributed by atoms with Crippen LogP contribution in [0.25, 0.3) is 0 Å². The molecule has 31 heavy (non-hydrogen) atoms. The van der Waals surface area contributed by atoms with Gasteiger partial charge in [-0.1, -0.05) is 42.5 Å². The lowest BCUT2D eigenvalue weighted by atomic mass is 9.86. The molecule has 0 saturated heterocycles. The van der Waals surface area contributed by atoms with E-state index in [1.54, 1.807) is 0 Å². The number of hydrogen-bond donors (Lipinski definition) is 2. The van der Waals surface area contributed by atoms with E-state index in [0.29, 0.717) is 32.1 Å². The second kappa shape index (κ2) is 13.4. The molecule has 5 nitrogen and oxygen atoms in total. The third-order valence-corrected chi connectivity index (χ3v) is 5.95. The van der Waals surface area contributed by atoms with Gasteiger partial charge in [-0.15, -0.1) is 0 Å². The minimum absolute atomic E-state index is 0.0864. The lowest BCUT2D eigenvalue weighted by Crippen LogP contribution is -2.22. The van der Waals surface area contributed by atoms with E-state index < -0.39 is 12.2 Å². The summed E-state index contributed by atoms with van der Waals surface area (Å²) in [6.07, 6.45) is 8.34. The van der Waals surface area contributed by atoms with Gasteiger partial charge in [0.15, 0.2) is 0 Å². The zero-order valence-corrected chi connectivity index (χ0v) is 18.9. The van der Waals surface area contributed by atoms with E-state index in [-0.39, 0.29) is 36.1 Å². The summed E-state index contributed by atoms with van der Waals surface area (Å²) in [6, 6.07) is 10.1. The normalized spacial score (nSPS) is 22.4. The van der Waals surface area contributed by atoms with Crippen LogP contribution in [-0.2, 0) is 20.7 Å². The number of aliphatic hydroxyl groups excluding tert-OH is 2. The van der Waals surface area contributed by atoms with Gasteiger partial charge in [0.25, 0.3) is 0 Å². The fourth-order valence-electron chi connectivity index (χ4n) is 4.27. The topological polar surface area (TPSA) is 83.8 Å². The molecule has 1 saturated carbocycles. The first-order valence-electron chi connectivity index (χ1n) is 11.6. The van der Waals surface area contributed by atoms with E-state index in [9.17, 15) is 19.8 Å². The molecule has 172 valence electrons. The van der Waals surface area contributed by atoms with Gasteiger partial charge in [-0.05, 0) is 70.3 Å². The standard InChI is InChI=1S/C26H38O5/c1-19(2)31-26(30)13-9-4-3-8-12-22-23(25(29)18-24(22)28)17-16-21(27)15-14-20-10-6-5-7-11-20/h3,5-8,10-11,19,21-23,25,27,29H,4,9,12-18H2,1-2H3/b8-3+/t21-,22+,23+,25+/m0/s1. The van der Waals surface area contributed by atoms with E-state index in [1.807, 2.05) is 44.2 Å². The van der Waals surface area contributed by atoms with Gasteiger partial charge >= 0.3 is 5.97 Å². The molecule has 0 unspecified atom stereocenters. The Hall–Kier alpha value is -1.98. The van der Waals surface area contributed by atoms with E-state index in [0.717, 1.165) is 19.3 Å². The molecule has 2 N–H and O–H groups in total. The number of unbranched alkanes of at least 4 members (excludes halogenated alkanes) is 1. The highest BCUT2D eigenvalue weighted by Crippen LogP contribution is 2.36. The molecule has 0 spiro atoms. The van der Waals surface area contributed by atoms with Crippen molar-refractivity contribution in [2.45, 2.75) is 89.9 Å². The molecule has 1 aromatic rings. The first kappa shape index (κ1) is 25.3. The van der Waals surface area contributed by atoms with Gasteiger partial charge in [-0.2, -0.15) is 0 Å². The van der Waals surface area contributed by atoms with Crippen LogP contribution in [0.3, 0.4) is 0 Å². The molecule has 0 heterocycles. The zero-order chi connectivity index (χ0) is 22.6. The molecule has 1 aliphatic rings. The van der Waals surface area contributed by atoms with E-state index >= 15 is 0 Å². The van der Waals surface area contributed by atoms with Crippen LogP contribution in [0.4, 0.5) is 0 Å². The Bertz CT molecular complexity index is 697. The van der Waals surface area contributed by atoms with E-state index in [2.05, 4.69) is 12.1 Å². The van der Waals surface area contributed by atoms with Crippen molar-refractivity contribution in [1.29, 1.82) is 0 Å². The lowest BCUT2D eigenvalue weighted by Gasteiger charge is -2.21. The summed E-state index contributed by atoms with van der Waals surface area (Å²) < 4.78 is 5.11. The summed E-state index contributed by atoms with van der Waals surface area (Å²) >= 11 is 0. The highest BCUT2D eigenvalue weighted by Gasteiger charge is 2.40. The number of rotatable bonds is 13. The van der Waals surface area contributed by atoms with Crippen molar-refractivity contribution >= 4 is 11.8 Å². The van der Waals surface area contributed by atoms with Crippen LogP contribution < -0.4 is 0 Å². The van der Waals surface area contributed by atoms with Crippen LogP contribution in [0.15, 0.2) is 42.5 Å². The van der Waals surface area contributed by atoms with Gasteiger partial charge in [0, 0.05) is 18.8 Å². The Labute approximate surface area is 186 Å². The van der Waals surface area contributed by atoms with E-state index in [1.165, 1.54) is 5.56 Å². The third kappa shape index (κ3) is 9.36. The summed E-state index contributed by atoms with van der Waals surface area (Å²) in [7, 11) is 0. The lowest BCUT2D eigenvalue weighted by molar-refractivity contribution is -0.147. The molecule has 0 amide bonds. The second-order valence-corrected chi connectivity index (χ2v) is 8.90. The fraction of sp³-hybridized carbons (Fsp3) is 0.615. The first-order valence-corrected chi connectivity index (χ1v) is 11.6. The Morgan fingerprint density at radius 2 is 1.94 bits per heavy atom. The number of allylic oxidation sites excluding steroid dienone is 2. The maximum Gasteiger partial charge on any atom is 0.306 e.